The van der Waals surface area contributed by atoms with Crippen molar-refractivity contribution in [3.63, 3.8) is 0 Å². The summed E-state index contributed by atoms with van der Waals surface area (Å²) in [6, 6.07) is 0. The molecule has 0 bridgehead atoms. The van der Waals surface area contributed by atoms with Crippen molar-refractivity contribution >= 4 is 5.65 Å². The predicted molar refractivity (Wildman–Crippen MR) is 42.7 cm³/mol. The van der Waals surface area contributed by atoms with E-state index in [1.807, 2.05) is 0 Å². The van der Waals surface area contributed by atoms with Crippen LogP contribution in [0.15, 0.2) is 12.7 Å². The Morgan fingerprint density at radius 1 is 1.17 bits per heavy atom. The maximum Gasteiger partial charge on any atom is 0.198 e. The van der Waals surface area contributed by atoms with Crippen LogP contribution >= 0.6 is 0 Å². The Labute approximate surface area is 69.5 Å². The highest BCUT2D eigenvalue weighted by Crippen LogP contribution is 2.13. The lowest BCUT2D eigenvalue weighted by atomic mass is 10.1. The molecule has 0 aromatic carbocycles. The van der Waals surface area contributed by atoms with Gasteiger partial charge in [0.1, 0.15) is 12.7 Å². The van der Waals surface area contributed by atoms with E-state index < -0.39 is 0 Å². The maximum atomic E-state index is 4.14. The quantitative estimate of drug-likeness (QED) is 0.619. The molecular formula is C7H9N5. The van der Waals surface area contributed by atoms with E-state index in [-0.39, 0.29) is 0 Å². The fourth-order valence-electron chi connectivity index (χ4n) is 1.09. The topological polar surface area (TPSA) is 56.0 Å². The summed E-state index contributed by atoms with van der Waals surface area (Å²) in [5.74, 6) is 0.347. The van der Waals surface area contributed by atoms with Gasteiger partial charge in [0.25, 0.3) is 0 Å². The summed E-state index contributed by atoms with van der Waals surface area (Å²) >= 11 is 0. The van der Waals surface area contributed by atoms with Crippen LogP contribution in [0.2, 0.25) is 0 Å². The fourth-order valence-corrected chi connectivity index (χ4v) is 1.09. The van der Waals surface area contributed by atoms with Crippen molar-refractivity contribution in [2.45, 2.75) is 19.8 Å². The molecule has 2 heterocycles. The van der Waals surface area contributed by atoms with E-state index in [9.17, 15) is 0 Å². The van der Waals surface area contributed by atoms with Crippen LogP contribution < -0.4 is 0 Å². The summed E-state index contributed by atoms with van der Waals surface area (Å²) in [6.45, 7) is 4.13. The van der Waals surface area contributed by atoms with E-state index in [0.29, 0.717) is 5.92 Å². The molecule has 12 heavy (non-hydrogen) atoms. The Bertz CT molecular complexity index is 391. The van der Waals surface area contributed by atoms with Crippen LogP contribution in [0.5, 0.6) is 0 Å². The Morgan fingerprint density at radius 2 is 1.83 bits per heavy atom. The minimum absolute atomic E-state index is 0.347. The Hall–Kier alpha value is -1.52. The first-order valence-electron chi connectivity index (χ1n) is 3.80. The van der Waals surface area contributed by atoms with Gasteiger partial charge in [-0.25, -0.2) is 9.97 Å². The molecule has 0 saturated carbocycles. The van der Waals surface area contributed by atoms with E-state index >= 15 is 0 Å². The molecule has 0 aliphatic carbocycles. The molecule has 0 fully saturated rings. The summed E-state index contributed by atoms with van der Waals surface area (Å²) in [6.07, 6.45) is 2.98. The first-order chi connectivity index (χ1) is 5.79. The second kappa shape index (κ2) is 2.51. The van der Waals surface area contributed by atoms with Crippen LogP contribution in [0, 0.1) is 0 Å². The molecule has 5 heteroatoms. The molecule has 0 aliphatic heterocycles. The molecule has 0 aliphatic rings. The first-order valence-corrected chi connectivity index (χ1v) is 3.80. The lowest BCUT2D eigenvalue weighted by molar-refractivity contribution is 0.734. The zero-order chi connectivity index (χ0) is 8.55. The van der Waals surface area contributed by atoms with Crippen LogP contribution in [-0.2, 0) is 0 Å². The standard InChI is InChI=1S/C7H9N5/c1-5(2)6-7-9-4-11-12(7)10-3-8-6/h3-5H,1-2H3. The number of nitrogens with zero attached hydrogens (tertiary/aromatic N) is 5. The van der Waals surface area contributed by atoms with Crippen LogP contribution in [-0.4, -0.2) is 24.8 Å². The third kappa shape index (κ3) is 0.939. The number of hydrogen-bond donors (Lipinski definition) is 0. The second-order valence-corrected chi connectivity index (χ2v) is 2.87. The van der Waals surface area contributed by atoms with Gasteiger partial charge in [0.05, 0.1) is 5.69 Å². The molecule has 0 radical (unpaired) electrons. The molecule has 62 valence electrons. The van der Waals surface area contributed by atoms with Crippen LogP contribution in [0.3, 0.4) is 0 Å². The van der Waals surface area contributed by atoms with Gasteiger partial charge in [0.2, 0.25) is 0 Å². The highest BCUT2D eigenvalue weighted by molar-refractivity contribution is 5.41. The number of hydrogen-bond acceptors (Lipinski definition) is 4. The number of rotatable bonds is 1. The highest BCUT2D eigenvalue weighted by atomic mass is 15.4. The lowest BCUT2D eigenvalue weighted by Gasteiger charge is -2.02. The van der Waals surface area contributed by atoms with Crippen molar-refractivity contribution in [3.8, 4) is 0 Å². The maximum absolute atomic E-state index is 4.14. The van der Waals surface area contributed by atoms with Gasteiger partial charge in [-0.3, -0.25) is 0 Å². The normalized spacial score (nSPS) is 11.2. The molecule has 0 spiro atoms. The third-order valence-corrected chi connectivity index (χ3v) is 1.66. The molecule has 0 atom stereocenters. The molecule has 5 nitrogen and oxygen atoms in total. The van der Waals surface area contributed by atoms with Crippen molar-refractivity contribution in [1.29, 1.82) is 0 Å². The van der Waals surface area contributed by atoms with Gasteiger partial charge in [-0.05, 0) is 5.92 Å². The zero-order valence-electron chi connectivity index (χ0n) is 6.97. The largest absolute Gasteiger partial charge is 0.235 e. The van der Waals surface area contributed by atoms with Gasteiger partial charge >= 0.3 is 0 Å². The van der Waals surface area contributed by atoms with Crippen molar-refractivity contribution in [2.24, 2.45) is 0 Å². The minimum atomic E-state index is 0.347. The number of fused-ring (bicyclic) bond motifs is 1. The average Bonchev–Trinajstić information content (AvgIpc) is 2.49. The summed E-state index contributed by atoms with van der Waals surface area (Å²) in [7, 11) is 0. The lowest BCUT2D eigenvalue weighted by Crippen LogP contribution is -2.02. The van der Waals surface area contributed by atoms with E-state index in [1.165, 1.54) is 17.3 Å². The van der Waals surface area contributed by atoms with E-state index in [0.717, 1.165) is 11.3 Å². The van der Waals surface area contributed by atoms with Crippen LogP contribution in [0.4, 0.5) is 0 Å². The van der Waals surface area contributed by atoms with Gasteiger partial charge in [-0.1, -0.05) is 13.8 Å². The molecule has 0 saturated heterocycles. The molecule has 2 aromatic rings. The van der Waals surface area contributed by atoms with Crippen molar-refractivity contribution in [2.75, 3.05) is 0 Å². The molecule has 0 amide bonds. The van der Waals surface area contributed by atoms with Crippen molar-refractivity contribution in [1.82, 2.24) is 24.8 Å². The average molecular weight is 163 g/mol. The number of aromatic nitrogens is 5. The molecule has 0 unspecified atom stereocenters. The molecule has 0 N–H and O–H groups in total. The van der Waals surface area contributed by atoms with E-state index in [2.05, 4.69) is 34.0 Å². The summed E-state index contributed by atoms with van der Waals surface area (Å²) in [5, 5.41) is 7.83. The van der Waals surface area contributed by atoms with Crippen molar-refractivity contribution in [3.05, 3.63) is 18.3 Å². The Kier molecular flexibility index (Phi) is 1.49. The van der Waals surface area contributed by atoms with Crippen molar-refractivity contribution < 1.29 is 0 Å². The summed E-state index contributed by atoms with van der Waals surface area (Å²) < 4.78 is 1.49. The molecule has 2 aromatic heterocycles. The Morgan fingerprint density at radius 3 is 2.50 bits per heavy atom. The van der Waals surface area contributed by atoms with E-state index in [1.54, 1.807) is 0 Å². The van der Waals surface area contributed by atoms with Gasteiger partial charge in [-0.2, -0.15) is 0 Å². The van der Waals surface area contributed by atoms with Gasteiger partial charge in [0.15, 0.2) is 5.65 Å². The summed E-state index contributed by atoms with van der Waals surface area (Å²) in [5.41, 5.74) is 1.68. The smallest absolute Gasteiger partial charge is 0.198 e. The van der Waals surface area contributed by atoms with Gasteiger partial charge in [-0.15, -0.1) is 14.8 Å². The van der Waals surface area contributed by atoms with Crippen LogP contribution in [0.25, 0.3) is 5.65 Å². The zero-order valence-corrected chi connectivity index (χ0v) is 6.97. The predicted octanol–water partition coefficient (Wildman–Crippen LogP) is 0.643. The Balaban J connectivity index is 2.73. The molecule has 2 rings (SSSR count). The van der Waals surface area contributed by atoms with E-state index in [4.69, 9.17) is 0 Å². The SMILES string of the molecule is CC(C)c1ncnn2ncnc12. The molecular weight excluding hydrogens is 154 g/mol. The first kappa shape index (κ1) is 7.15. The minimum Gasteiger partial charge on any atom is -0.235 e. The van der Waals surface area contributed by atoms with Gasteiger partial charge in [0, 0.05) is 0 Å². The van der Waals surface area contributed by atoms with Gasteiger partial charge < -0.3 is 0 Å². The third-order valence-electron chi connectivity index (χ3n) is 1.66. The second-order valence-electron chi connectivity index (χ2n) is 2.87. The highest BCUT2D eigenvalue weighted by Gasteiger charge is 2.08. The summed E-state index contributed by atoms with van der Waals surface area (Å²) in [4.78, 5) is 8.21. The fraction of sp³-hybridized carbons (Fsp3) is 0.429. The monoisotopic (exact) mass is 163 g/mol. The van der Waals surface area contributed by atoms with Crippen LogP contribution in [0.1, 0.15) is 25.5 Å².